The van der Waals surface area contributed by atoms with Gasteiger partial charge >= 0.3 is 0 Å². The number of ether oxygens (including phenoxy) is 1. The van der Waals surface area contributed by atoms with Gasteiger partial charge in [0.2, 0.25) is 0 Å². The molecular formula is C26H52N6O. The number of rotatable bonds is 23. The van der Waals surface area contributed by atoms with Gasteiger partial charge in [0.15, 0.2) is 0 Å². The normalized spacial score (nSPS) is 11.4. The van der Waals surface area contributed by atoms with Gasteiger partial charge in [0, 0.05) is 13.1 Å². The second kappa shape index (κ2) is 21.3. The highest BCUT2D eigenvalue weighted by atomic mass is 16.5. The van der Waals surface area contributed by atoms with Crippen LogP contribution in [0.15, 0.2) is 18.2 Å². The number of hydrogen-bond donors (Lipinski definition) is 6. The molecular weight excluding hydrogens is 412 g/mol. The first kappa shape index (κ1) is 29.8. The molecule has 0 fully saturated rings. The van der Waals surface area contributed by atoms with Crippen LogP contribution in [0.2, 0.25) is 0 Å². The molecule has 0 aliphatic heterocycles. The van der Waals surface area contributed by atoms with E-state index in [-0.39, 0.29) is 0 Å². The highest BCUT2D eigenvalue weighted by Gasteiger charge is 2.07. The van der Waals surface area contributed by atoms with Gasteiger partial charge in [-0.1, -0.05) is 32.8 Å². The van der Waals surface area contributed by atoms with Crippen molar-refractivity contribution in [2.75, 3.05) is 59.0 Å². The highest BCUT2D eigenvalue weighted by Crippen LogP contribution is 2.20. The van der Waals surface area contributed by atoms with Crippen LogP contribution >= 0.6 is 0 Å². The average molecular weight is 465 g/mol. The summed E-state index contributed by atoms with van der Waals surface area (Å²) < 4.78 is 6.20. The maximum Gasteiger partial charge on any atom is 0.119 e. The van der Waals surface area contributed by atoms with Crippen LogP contribution in [-0.2, 0) is 13.1 Å². The summed E-state index contributed by atoms with van der Waals surface area (Å²) in [6.07, 6.45) is 6.62. The monoisotopic (exact) mass is 464 g/mol. The predicted molar refractivity (Wildman–Crippen MR) is 142 cm³/mol. The number of nitrogens with one attached hydrogen (secondary N) is 4. The summed E-state index contributed by atoms with van der Waals surface area (Å²) in [6, 6.07) is 6.68. The number of hydrogen-bond acceptors (Lipinski definition) is 7. The lowest BCUT2D eigenvalue weighted by molar-refractivity contribution is 0.240. The van der Waals surface area contributed by atoms with Gasteiger partial charge < -0.3 is 37.5 Å². The first-order valence-electron chi connectivity index (χ1n) is 13.2. The van der Waals surface area contributed by atoms with Gasteiger partial charge in [-0.3, -0.25) is 0 Å². The maximum atomic E-state index is 6.20. The smallest absolute Gasteiger partial charge is 0.119 e. The zero-order chi connectivity index (χ0) is 24.0. The fraction of sp³-hybridized carbons (Fsp3) is 0.769. The second-order valence-corrected chi connectivity index (χ2v) is 8.82. The molecule has 0 bridgehead atoms. The van der Waals surface area contributed by atoms with E-state index in [1.807, 2.05) is 0 Å². The molecule has 0 saturated carbocycles. The first-order chi connectivity index (χ1) is 16.2. The fourth-order valence-electron chi connectivity index (χ4n) is 3.60. The largest absolute Gasteiger partial charge is 0.493 e. The van der Waals surface area contributed by atoms with E-state index in [4.69, 9.17) is 16.2 Å². The van der Waals surface area contributed by atoms with E-state index in [9.17, 15) is 0 Å². The SMILES string of the molecule is CCC(CC)COc1cc(CNCCCNCCCN)cc(CNCCCNCCCN)c1. The Morgan fingerprint density at radius 3 is 1.58 bits per heavy atom. The summed E-state index contributed by atoms with van der Waals surface area (Å²) in [6.45, 7) is 14.6. The minimum Gasteiger partial charge on any atom is -0.493 e. The van der Waals surface area contributed by atoms with Crippen molar-refractivity contribution in [1.82, 2.24) is 21.3 Å². The van der Waals surface area contributed by atoms with Crippen LogP contribution in [0.3, 0.4) is 0 Å². The molecule has 0 amide bonds. The van der Waals surface area contributed by atoms with Crippen LogP contribution in [0.25, 0.3) is 0 Å². The Balaban J connectivity index is 2.47. The second-order valence-electron chi connectivity index (χ2n) is 8.82. The Morgan fingerprint density at radius 1 is 0.667 bits per heavy atom. The van der Waals surface area contributed by atoms with Crippen molar-refractivity contribution < 1.29 is 4.74 Å². The Morgan fingerprint density at radius 2 is 1.12 bits per heavy atom. The molecule has 0 saturated heterocycles. The minimum absolute atomic E-state index is 0.617. The van der Waals surface area contributed by atoms with Crippen molar-refractivity contribution in [3.8, 4) is 5.75 Å². The van der Waals surface area contributed by atoms with Crippen molar-refractivity contribution in [3.63, 3.8) is 0 Å². The zero-order valence-electron chi connectivity index (χ0n) is 21.4. The summed E-state index contributed by atoms with van der Waals surface area (Å²) in [5.74, 6) is 1.61. The summed E-state index contributed by atoms with van der Waals surface area (Å²) >= 11 is 0. The van der Waals surface area contributed by atoms with E-state index in [0.29, 0.717) is 5.92 Å². The van der Waals surface area contributed by atoms with Gasteiger partial charge in [-0.2, -0.15) is 0 Å². The summed E-state index contributed by atoms with van der Waals surface area (Å²) in [5.41, 5.74) is 13.6. The molecule has 33 heavy (non-hydrogen) atoms. The standard InChI is InChI=1S/C26H52N6O/c1-3-23(4-2)22-33-26-18-24(20-31-15-7-13-29-11-5-9-27)17-25(19-26)21-32-16-8-14-30-12-6-10-28/h17-19,23,29-32H,3-16,20-22,27-28H2,1-2H3. The van der Waals surface area contributed by atoms with Gasteiger partial charge in [0.05, 0.1) is 6.61 Å². The topological polar surface area (TPSA) is 109 Å². The lowest BCUT2D eigenvalue weighted by Crippen LogP contribution is -2.24. The zero-order valence-corrected chi connectivity index (χ0v) is 21.4. The van der Waals surface area contributed by atoms with E-state index in [1.165, 1.54) is 11.1 Å². The third-order valence-corrected chi connectivity index (χ3v) is 5.85. The molecule has 1 rings (SSSR count). The lowest BCUT2D eigenvalue weighted by Gasteiger charge is -2.16. The van der Waals surface area contributed by atoms with Crippen molar-refractivity contribution in [2.24, 2.45) is 17.4 Å². The summed E-state index contributed by atoms with van der Waals surface area (Å²) in [4.78, 5) is 0. The first-order valence-corrected chi connectivity index (χ1v) is 13.2. The van der Waals surface area contributed by atoms with Gasteiger partial charge in [0.25, 0.3) is 0 Å². The van der Waals surface area contributed by atoms with Gasteiger partial charge in [-0.05, 0) is 107 Å². The van der Waals surface area contributed by atoms with E-state index < -0.39 is 0 Å². The van der Waals surface area contributed by atoms with Crippen molar-refractivity contribution >= 4 is 0 Å². The molecule has 0 unspecified atom stereocenters. The molecule has 0 aromatic heterocycles. The van der Waals surface area contributed by atoms with E-state index in [0.717, 1.165) is 116 Å². The molecule has 0 radical (unpaired) electrons. The van der Waals surface area contributed by atoms with E-state index >= 15 is 0 Å². The summed E-state index contributed by atoms with van der Waals surface area (Å²) in [7, 11) is 0. The maximum absolute atomic E-state index is 6.20. The van der Waals surface area contributed by atoms with Crippen molar-refractivity contribution in [2.45, 2.75) is 65.5 Å². The molecule has 7 heteroatoms. The van der Waals surface area contributed by atoms with Crippen molar-refractivity contribution in [1.29, 1.82) is 0 Å². The Hall–Kier alpha value is -1.22. The number of benzene rings is 1. The number of nitrogens with two attached hydrogens (primary N) is 2. The van der Waals surface area contributed by atoms with Gasteiger partial charge in [-0.25, -0.2) is 0 Å². The molecule has 8 N–H and O–H groups in total. The minimum atomic E-state index is 0.617. The molecule has 1 aromatic rings. The van der Waals surface area contributed by atoms with Crippen LogP contribution in [0.5, 0.6) is 5.75 Å². The molecule has 192 valence electrons. The van der Waals surface area contributed by atoms with Gasteiger partial charge in [0.1, 0.15) is 5.75 Å². The fourth-order valence-corrected chi connectivity index (χ4v) is 3.60. The summed E-state index contributed by atoms with van der Waals surface area (Å²) in [5, 5.41) is 14.0. The molecule has 0 heterocycles. The third-order valence-electron chi connectivity index (χ3n) is 5.85. The molecule has 0 atom stereocenters. The average Bonchev–Trinajstić information content (AvgIpc) is 2.83. The lowest BCUT2D eigenvalue weighted by atomic mass is 10.1. The predicted octanol–water partition coefficient (Wildman–Crippen LogP) is 2.34. The molecule has 0 aliphatic carbocycles. The van der Waals surface area contributed by atoms with E-state index in [1.54, 1.807) is 0 Å². The van der Waals surface area contributed by atoms with Crippen LogP contribution in [-0.4, -0.2) is 59.0 Å². The quantitative estimate of drug-likeness (QED) is 0.138. The van der Waals surface area contributed by atoms with Crippen LogP contribution in [0.4, 0.5) is 0 Å². The van der Waals surface area contributed by atoms with Crippen molar-refractivity contribution in [3.05, 3.63) is 29.3 Å². The Labute approximate surface area is 203 Å². The Bertz CT molecular complexity index is 529. The Kier molecular flexibility index (Phi) is 19.3. The van der Waals surface area contributed by atoms with E-state index in [2.05, 4.69) is 53.3 Å². The molecule has 0 aliphatic rings. The van der Waals surface area contributed by atoms with Crippen LogP contribution in [0, 0.1) is 5.92 Å². The van der Waals surface area contributed by atoms with Crippen LogP contribution < -0.4 is 37.5 Å². The molecule has 0 spiro atoms. The molecule has 7 nitrogen and oxygen atoms in total. The van der Waals surface area contributed by atoms with Crippen LogP contribution in [0.1, 0.15) is 63.5 Å². The van der Waals surface area contributed by atoms with Gasteiger partial charge in [-0.15, -0.1) is 0 Å². The third kappa shape index (κ3) is 16.1. The molecule has 1 aromatic carbocycles. The highest BCUT2D eigenvalue weighted by molar-refractivity contribution is 5.34.